The van der Waals surface area contributed by atoms with Crippen molar-refractivity contribution in [1.82, 2.24) is 14.8 Å². The first-order chi connectivity index (χ1) is 12.0. The molecule has 0 unspecified atom stereocenters. The van der Waals surface area contributed by atoms with E-state index in [9.17, 15) is 9.59 Å². The van der Waals surface area contributed by atoms with Gasteiger partial charge in [0.05, 0.1) is 5.39 Å². The summed E-state index contributed by atoms with van der Waals surface area (Å²) >= 11 is 0. The number of amides is 1. The van der Waals surface area contributed by atoms with Gasteiger partial charge in [0.2, 0.25) is 0 Å². The number of nitrogens with zero attached hydrogens (tertiary/aromatic N) is 3. The van der Waals surface area contributed by atoms with Crippen molar-refractivity contribution >= 4 is 22.5 Å². The summed E-state index contributed by atoms with van der Waals surface area (Å²) < 4.78 is 1.37. The first-order valence-corrected chi connectivity index (χ1v) is 8.19. The van der Waals surface area contributed by atoms with Crippen molar-refractivity contribution in [2.45, 2.75) is 27.3 Å². The number of carbonyl (C=O) groups is 1. The van der Waals surface area contributed by atoms with Crippen molar-refractivity contribution in [3.8, 4) is 0 Å². The molecule has 0 fully saturated rings. The lowest BCUT2D eigenvalue weighted by Gasteiger charge is -2.12. The van der Waals surface area contributed by atoms with Crippen molar-refractivity contribution in [3.63, 3.8) is 0 Å². The number of carbonyl (C=O) groups excluding carboxylic acids is 1. The Morgan fingerprint density at radius 1 is 1.20 bits per heavy atom. The second-order valence-electron chi connectivity index (χ2n) is 6.45. The van der Waals surface area contributed by atoms with Crippen molar-refractivity contribution in [2.24, 2.45) is 5.92 Å². The number of fused-ring (bicyclic) bond motifs is 1. The molecule has 1 amide bonds. The van der Waals surface area contributed by atoms with E-state index in [4.69, 9.17) is 0 Å². The average Bonchev–Trinajstić information content (AvgIpc) is 2.57. The molecule has 0 radical (unpaired) electrons. The van der Waals surface area contributed by atoms with Crippen LogP contribution in [0.25, 0.3) is 10.8 Å². The molecule has 0 aliphatic rings. The van der Waals surface area contributed by atoms with Crippen LogP contribution in [0.3, 0.4) is 0 Å². The molecular weight excluding hydrogens is 316 g/mol. The Hall–Kier alpha value is -3.02. The number of pyridine rings is 1. The van der Waals surface area contributed by atoms with Gasteiger partial charge in [0.15, 0.2) is 5.69 Å². The summed E-state index contributed by atoms with van der Waals surface area (Å²) in [6, 6.07) is 10.7. The average molecular weight is 336 g/mol. The van der Waals surface area contributed by atoms with Gasteiger partial charge in [-0.25, -0.2) is 9.67 Å². The first-order valence-electron chi connectivity index (χ1n) is 8.19. The summed E-state index contributed by atoms with van der Waals surface area (Å²) in [7, 11) is 0. The monoisotopic (exact) mass is 336 g/mol. The predicted molar refractivity (Wildman–Crippen MR) is 97.8 cm³/mol. The van der Waals surface area contributed by atoms with Gasteiger partial charge in [-0.15, -0.1) is 0 Å². The fourth-order valence-electron chi connectivity index (χ4n) is 2.65. The number of hydrogen-bond acceptors (Lipinski definition) is 4. The van der Waals surface area contributed by atoms with E-state index in [0.717, 1.165) is 5.56 Å². The van der Waals surface area contributed by atoms with Gasteiger partial charge in [-0.05, 0) is 36.6 Å². The maximum Gasteiger partial charge on any atom is 0.277 e. The Bertz CT molecular complexity index is 992. The summed E-state index contributed by atoms with van der Waals surface area (Å²) in [5, 5.41) is 8.11. The smallest absolute Gasteiger partial charge is 0.277 e. The highest BCUT2D eigenvalue weighted by molar-refractivity contribution is 6.10. The van der Waals surface area contributed by atoms with Crippen molar-refractivity contribution in [1.29, 1.82) is 0 Å². The first kappa shape index (κ1) is 16.8. The molecule has 0 bridgehead atoms. The molecule has 2 heterocycles. The molecule has 0 saturated heterocycles. The van der Waals surface area contributed by atoms with Gasteiger partial charge in [0, 0.05) is 18.1 Å². The number of benzene rings is 1. The van der Waals surface area contributed by atoms with Gasteiger partial charge in [-0.1, -0.05) is 32.0 Å². The summed E-state index contributed by atoms with van der Waals surface area (Å²) in [6.45, 7) is 6.37. The highest BCUT2D eigenvalue weighted by atomic mass is 16.2. The summed E-state index contributed by atoms with van der Waals surface area (Å²) in [5.41, 5.74) is 1.03. The van der Waals surface area contributed by atoms with E-state index in [2.05, 4.69) is 15.4 Å². The number of aryl methyl sites for hydroxylation is 1. The number of aromatic nitrogens is 3. The zero-order chi connectivity index (χ0) is 18.0. The molecule has 25 heavy (non-hydrogen) atoms. The van der Waals surface area contributed by atoms with E-state index in [0.29, 0.717) is 23.1 Å². The molecule has 0 saturated carbocycles. The third-order valence-corrected chi connectivity index (χ3v) is 3.78. The second kappa shape index (κ2) is 6.84. The van der Waals surface area contributed by atoms with Crippen molar-refractivity contribution in [2.75, 3.05) is 5.32 Å². The van der Waals surface area contributed by atoms with Gasteiger partial charge < -0.3 is 5.32 Å². The molecule has 1 aromatic carbocycles. The SMILES string of the molecule is Cc1ccnc(NC(=O)c2nn(CC(C)C)c(=O)c3ccccc23)c1. The zero-order valence-electron chi connectivity index (χ0n) is 14.5. The standard InChI is InChI=1S/C19H20N4O2/c1-12(2)11-23-19(25)15-7-5-4-6-14(15)17(22-23)18(24)21-16-10-13(3)8-9-20-16/h4-10,12H,11H2,1-3H3,(H,20,21,24). The number of anilines is 1. The molecular formula is C19H20N4O2. The summed E-state index contributed by atoms with van der Waals surface area (Å²) in [6.07, 6.45) is 1.64. The van der Waals surface area contributed by atoms with Crippen LogP contribution in [-0.4, -0.2) is 20.7 Å². The Morgan fingerprint density at radius 3 is 2.60 bits per heavy atom. The van der Waals surface area contributed by atoms with Crippen LogP contribution >= 0.6 is 0 Å². The highest BCUT2D eigenvalue weighted by Crippen LogP contribution is 2.15. The van der Waals surface area contributed by atoms with Crippen LogP contribution < -0.4 is 10.9 Å². The maximum atomic E-state index is 12.8. The minimum atomic E-state index is -0.383. The zero-order valence-corrected chi connectivity index (χ0v) is 14.5. The number of hydrogen-bond donors (Lipinski definition) is 1. The van der Waals surface area contributed by atoms with E-state index in [-0.39, 0.29) is 23.1 Å². The topological polar surface area (TPSA) is 76.9 Å². The van der Waals surface area contributed by atoms with Crippen LogP contribution in [0.1, 0.15) is 29.9 Å². The molecule has 3 aromatic rings. The summed E-state index contributed by atoms with van der Waals surface area (Å²) in [5.74, 6) is 0.310. The minimum absolute atomic E-state index is 0.186. The van der Waals surface area contributed by atoms with Crippen molar-refractivity contribution in [3.05, 3.63) is 64.2 Å². The lowest BCUT2D eigenvalue weighted by atomic mass is 10.1. The molecule has 1 N–H and O–H groups in total. The Kier molecular flexibility index (Phi) is 4.61. The van der Waals surface area contributed by atoms with E-state index in [1.165, 1.54) is 4.68 Å². The lowest BCUT2D eigenvalue weighted by molar-refractivity contribution is 0.102. The Balaban J connectivity index is 2.09. The molecule has 0 atom stereocenters. The van der Waals surface area contributed by atoms with Crippen LogP contribution in [0.4, 0.5) is 5.82 Å². The molecule has 3 rings (SSSR count). The maximum absolute atomic E-state index is 12.8. The Morgan fingerprint density at radius 2 is 1.92 bits per heavy atom. The molecule has 6 nitrogen and oxygen atoms in total. The third kappa shape index (κ3) is 3.57. The molecule has 0 spiro atoms. The van der Waals surface area contributed by atoms with Crippen molar-refractivity contribution < 1.29 is 4.79 Å². The minimum Gasteiger partial charge on any atom is -0.305 e. The molecule has 6 heteroatoms. The van der Waals surface area contributed by atoms with Crippen LogP contribution in [0.5, 0.6) is 0 Å². The third-order valence-electron chi connectivity index (χ3n) is 3.78. The van der Waals surface area contributed by atoms with Crippen LogP contribution in [0, 0.1) is 12.8 Å². The largest absolute Gasteiger partial charge is 0.305 e. The van der Waals surface area contributed by atoms with Gasteiger partial charge >= 0.3 is 0 Å². The summed E-state index contributed by atoms with van der Waals surface area (Å²) in [4.78, 5) is 29.5. The van der Waals surface area contributed by atoms with E-state index < -0.39 is 0 Å². The second-order valence-corrected chi connectivity index (χ2v) is 6.45. The quantitative estimate of drug-likeness (QED) is 0.794. The molecule has 0 aliphatic carbocycles. The van der Waals surface area contributed by atoms with E-state index in [1.54, 1.807) is 36.5 Å². The van der Waals surface area contributed by atoms with E-state index in [1.807, 2.05) is 26.8 Å². The van der Waals surface area contributed by atoms with Gasteiger partial charge in [-0.3, -0.25) is 9.59 Å². The number of rotatable bonds is 4. The molecule has 2 aromatic heterocycles. The lowest BCUT2D eigenvalue weighted by Crippen LogP contribution is -2.29. The fourth-order valence-corrected chi connectivity index (χ4v) is 2.65. The Labute approximate surface area is 145 Å². The van der Waals surface area contributed by atoms with Gasteiger partial charge in [0.1, 0.15) is 5.82 Å². The fraction of sp³-hybridized carbons (Fsp3) is 0.263. The van der Waals surface area contributed by atoms with Crippen LogP contribution in [0.15, 0.2) is 47.4 Å². The van der Waals surface area contributed by atoms with Gasteiger partial charge in [0.25, 0.3) is 11.5 Å². The molecule has 128 valence electrons. The normalized spacial score (nSPS) is 11.0. The highest BCUT2D eigenvalue weighted by Gasteiger charge is 2.17. The van der Waals surface area contributed by atoms with Gasteiger partial charge in [-0.2, -0.15) is 5.10 Å². The number of nitrogens with one attached hydrogen (secondary N) is 1. The molecule has 0 aliphatic heterocycles. The van der Waals surface area contributed by atoms with Crippen LogP contribution in [0.2, 0.25) is 0 Å². The van der Waals surface area contributed by atoms with Crippen LogP contribution in [-0.2, 0) is 6.54 Å². The van der Waals surface area contributed by atoms with E-state index >= 15 is 0 Å². The predicted octanol–water partition coefficient (Wildman–Crippen LogP) is 3.01.